The van der Waals surface area contributed by atoms with Crippen molar-refractivity contribution in [2.24, 2.45) is 5.92 Å². The molecule has 2 heterocycles. The van der Waals surface area contributed by atoms with Crippen LogP contribution in [0.25, 0.3) is 0 Å². The highest BCUT2D eigenvalue weighted by atomic mass is 35.5. The first-order valence-electron chi connectivity index (χ1n) is 5.71. The zero-order chi connectivity index (χ0) is 11.2. The Morgan fingerprint density at radius 2 is 2.11 bits per heavy atom. The van der Waals surface area contributed by atoms with E-state index in [1.807, 2.05) is 12.1 Å². The van der Waals surface area contributed by atoms with E-state index in [1.165, 1.54) is 0 Å². The van der Waals surface area contributed by atoms with Gasteiger partial charge in [-0.25, -0.2) is 0 Å². The van der Waals surface area contributed by atoms with E-state index in [1.54, 1.807) is 12.4 Å². The molecule has 1 fully saturated rings. The molecular formula is C12H19Cl2N3O. The molecule has 102 valence electrons. The van der Waals surface area contributed by atoms with E-state index in [2.05, 4.69) is 15.6 Å². The number of rotatable bonds is 4. The number of carbonyl (C=O) groups excluding carboxylic acids is 1. The molecule has 0 spiro atoms. The highest BCUT2D eigenvalue weighted by Crippen LogP contribution is 2.11. The van der Waals surface area contributed by atoms with Crippen molar-refractivity contribution in [2.75, 3.05) is 13.1 Å². The Morgan fingerprint density at radius 3 is 2.72 bits per heavy atom. The Morgan fingerprint density at radius 1 is 1.39 bits per heavy atom. The molecule has 0 aliphatic carbocycles. The van der Waals surface area contributed by atoms with Crippen LogP contribution in [-0.4, -0.2) is 24.0 Å². The largest absolute Gasteiger partial charge is 0.352 e. The SMILES string of the molecule is Cl.Cl.O=C(CC1CCNC1)NCc1ccncc1. The summed E-state index contributed by atoms with van der Waals surface area (Å²) < 4.78 is 0. The molecule has 4 nitrogen and oxygen atoms in total. The number of hydrogen-bond acceptors (Lipinski definition) is 3. The minimum atomic E-state index is 0. The molecule has 1 aromatic heterocycles. The summed E-state index contributed by atoms with van der Waals surface area (Å²) in [5, 5.41) is 6.19. The average molecular weight is 292 g/mol. The van der Waals surface area contributed by atoms with Crippen LogP contribution in [0.2, 0.25) is 0 Å². The summed E-state index contributed by atoms with van der Waals surface area (Å²) in [5.74, 6) is 0.656. The zero-order valence-electron chi connectivity index (χ0n) is 10.1. The third-order valence-electron chi connectivity index (χ3n) is 2.88. The maximum Gasteiger partial charge on any atom is 0.220 e. The van der Waals surface area contributed by atoms with E-state index in [4.69, 9.17) is 0 Å². The third-order valence-corrected chi connectivity index (χ3v) is 2.88. The Kier molecular flexibility index (Phi) is 8.71. The lowest BCUT2D eigenvalue weighted by atomic mass is 10.0. The molecule has 1 saturated heterocycles. The van der Waals surface area contributed by atoms with Gasteiger partial charge in [0.15, 0.2) is 0 Å². The minimum Gasteiger partial charge on any atom is -0.352 e. The number of nitrogens with one attached hydrogen (secondary N) is 2. The van der Waals surface area contributed by atoms with Gasteiger partial charge < -0.3 is 10.6 Å². The van der Waals surface area contributed by atoms with Crippen molar-refractivity contribution in [1.29, 1.82) is 0 Å². The van der Waals surface area contributed by atoms with Crippen molar-refractivity contribution in [2.45, 2.75) is 19.4 Å². The van der Waals surface area contributed by atoms with Gasteiger partial charge in [-0.1, -0.05) is 0 Å². The van der Waals surface area contributed by atoms with Crippen LogP contribution < -0.4 is 10.6 Å². The second-order valence-corrected chi connectivity index (χ2v) is 4.20. The maximum absolute atomic E-state index is 11.6. The lowest BCUT2D eigenvalue weighted by Gasteiger charge is -2.08. The topological polar surface area (TPSA) is 54.0 Å². The van der Waals surface area contributed by atoms with Gasteiger partial charge in [-0.05, 0) is 43.1 Å². The van der Waals surface area contributed by atoms with E-state index < -0.39 is 0 Å². The number of aromatic nitrogens is 1. The predicted molar refractivity (Wildman–Crippen MR) is 76.2 cm³/mol. The highest BCUT2D eigenvalue weighted by molar-refractivity contribution is 5.85. The number of amides is 1. The Hall–Kier alpha value is -0.840. The Bertz CT molecular complexity index is 342. The number of nitrogens with zero attached hydrogens (tertiary/aromatic N) is 1. The van der Waals surface area contributed by atoms with Gasteiger partial charge in [0, 0.05) is 25.4 Å². The number of pyridine rings is 1. The fourth-order valence-corrected chi connectivity index (χ4v) is 1.92. The van der Waals surface area contributed by atoms with Crippen LogP contribution in [0.15, 0.2) is 24.5 Å². The lowest BCUT2D eigenvalue weighted by Crippen LogP contribution is -2.25. The van der Waals surface area contributed by atoms with Crippen LogP contribution in [0.5, 0.6) is 0 Å². The second-order valence-electron chi connectivity index (χ2n) is 4.20. The molecule has 1 aliphatic rings. The van der Waals surface area contributed by atoms with E-state index >= 15 is 0 Å². The maximum atomic E-state index is 11.6. The summed E-state index contributed by atoms with van der Waals surface area (Å²) in [7, 11) is 0. The summed E-state index contributed by atoms with van der Waals surface area (Å²) in [4.78, 5) is 15.6. The van der Waals surface area contributed by atoms with Crippen LogP contribution >= 0.6 is 24.8 Å². The fraction of sp³-hybridized carbons (Fsp3) is 0.500. The van der Waals surface area contributed by atoms with Gasteiger partial charge in [-0.3, -0.25) is 9.78 Å². The molecule has 6 heteroatoms. The van der Waals surface area contributed by atoms with Gasteiger partial charge >= 0.3 is 0 Å². The highest BCUT2D eigenvalue weighted by Gasteiger charge is 2.17. The molecule has 0 bridgehead atoms. The summed E-state index contributed by atoms with van der Waals surface area (Å²) in [6.07, 6.45) is 5.23. The molecule has 1 amide bonds. The van der Waals surface area contributed by atoms with Crippen molar-refractivity contribution in [1.82, 2.24) is 15.6 Å². The van der Waals surface area contributed by atoms with Gasteiger partial charge in [0.1, 0.15) is 0 Å². The minimum absolute atomic E-state index is 0. The first kappa shape index (κ1) is 17.2. The zero-order valence-corrected chi connectivity index (χ0v) is 11.7. The summed E-state index contributed by atoms with van der Waals surface area (Å²) in [6.45, 7) is 2.62. The van der Waals surface area contributed by atoms with Gasteiger partial charge in [0.25, 0.3) is 0 Å². The van der Waals surface area contributed by atoms with Crippen molar-refractivity contribution in [3.63, 3.8) is 0 Å². The smallest absolute Gasteiger partial charge is 0.220 e. The van der Waals surface area contributed by atoms with Crippen LogP contribution in [0.1, 0.15) is 18.4 Å². The monoisotopic (exact) mass is 291 g/mol. The molecule has 18 heavy (non-hydrogen) atoms. The van der Waals surface area contributed by atoms with E-state index in [0.717, 1.165) is 25.1 Å². The van der Waals surface area contributed by atoms with Crippen LogP contribution in [0.3, 0.4) is 0 Å². The first-order valence-corrected chi connectivity index (χ1v) is 5.71. The summed E-state index contributed by atoms with van der Waals surface area (Å²) >= 11 is 0. The fourth-order valence-electron chi connectivity index (χ4n) is 1.92. The molecule has 1 atom stereocenters. The molecule has 2 rings (SSSR count). The molecule has 1 aliphatic heterocycles. The number of carbonyl (C=O) groups is 1. The average Bonchev–Trinajstić information content (AvgIpc) is 2.81. The van der Waals surface area contributed by atoms with Crippen LogP contribution in [-0.2, 0) is 11.3 Å². The first-order chi connectivity index (χ1) is 7.84. The standard InChI is InChI=1S/C12H17N3O.2ClH/c16-12(7-11-3-6-14-8-11)15-9-10-1-4-13-5-2-10;;/h1-2,4-5,11,14H,3,6-9H2,(H,15,16);2*1H. The van der Waals surface area contributed by atoms with Crippen molar-refractivity contribution < 1.29 is 4.79 Å². The molecule has 0 radical (unpaired) electrons. The van der Waals surface area contributed by atoms with E-state index in [-0.39, 0.29) is 30.7 Å². The molecule has 0 saturated carbocycles. The van der Waals surface area contributed by atoms with Crippen molar-refractivity contribution in [3.05, 3.63) is 30.1 Å². The van der Waals surface area contributed by atoms with Crippen molar-refractivity contribution >= 4 is 30.7 Å². The normalized spacial score (nSPS) is 17.4. The molecule has 2 N–H and O–H groups in total. The lowest BCUT2D eigenvalue weighted by molar-refractivity contribution is -0.122. The Balaban J connectivity index is 0.00000144. The Labute approximate surface area is 120 Å². The molecular weight excluding hydrogens is 273 g/mol. The number of hydrogen-bond donors (Lipinski definition) is 2. The summed E-state index contributed by atoms with van der Waals surface area (Å²) in [5.41, 5.74) is 1.09. The molecule has 1 aromatic rings. The van der Waals surface area contributed by atoms with Gasteiger partial charge in [0.2, 0.25) is 5.91 Å². The quantitative estimate of drug-likeness (QED) is 0.885. The molecule has 1 unspecified atom stereocenters. The number of halogens is 2. The molecule has 0 aromatic carbocycles. The second kappa shape index (κ2) is 9.14. The van der Waals surface area contributed by atoms with Gasteiger partial charge in [-0.15, -0.1) is 24.8 Å². The summed E-state index contributed by atoms with van der Waals surface area (Å²) in [6, 6.07) is 3.83. The third kappa shape index (κ3) is 5.67. The van der Waals surface area contributed by atoms with E-state index in [0.29, 0.717) is 18.9 Å². The van der Waals surface area contributed by atoms with Crippen molar-refractivity contribution in [3.8, 4) is 0 Å². The van der Waals surface area contributed by atoms with E-state index in [9.17, 15) is 4.79 Å². The van der Waals surface area contributed by atoms with Crippen LogP contribution in [0.4, 0.5) is 0 Å². The van der Waals surface area contributed by atoms with Crippen LogP contribution in [0, 0.1) is 5.92 Å². The predicted octanol–water partition coefficient (Wildman–Crippen LogP) is 1.54. The van der Waals surface area contributed by atoms with Gasteiger partial charge in [0.05, 0.1) is 0 Å². The van der Waals surface area contributed by atoms with Gasteiger partial charge in [-0.2, -0.15) is 0 Å².